The van der Waals surface area contributed by atoms with Gasteiger partial charge in [-0.1, -0.05) is 97.1 Å². The van der Waals surface area contributed by atoms with Crippen molar-refractivity contribution in [2.24, 2.45) is 5.41 Å². The minimum atomic E-state index is -1.77. The zero-order valence-corrected chi connectivity index (χ0v) is 23.8. The predicted octanol–water partition coefficient (Wildman–Crippen LogP) is 6.20. The average molecular weight is 571 g/mol. The summed E-state index contributed by atoms with van der Waals surface area (Å²) in [6.07, 6.45) is 2.98. The molecule has 0 aromatic heterocycles. The number of ether oxygens (including phenoxy) is 3. The molecule has 0 bridgehead atoms. The third-order valence-corrected chi connectivity index (χ3v) is 8.44. The molecule has 1 fully saturated rings. The normalized spacial score (nSPS) is 21.8. The standard InChI is InChI=1S/C36H30N2O5/c1-41-28-19-17-25(18-20-28)30-31(34(39)43-32(26-12-5-3-6-13-26)27-14-7-4-8-15-27)38-22-21-24-11-9-10-16-29(24)33(38)36(30,23-37)35(40)42-2/h3-22,30-33H,1-2H3/t30-,31-,33-,36+/m1/s1. The summed E-state index contributed by atoms with van der Waals surface area (Å²) in [6, 6.07) is 34.2. The summed E-state index contributed by atoms with van der Waals surface area (Å²) in [6.45, 7) is 0. The highest BCUT2D eigenvalue weighted by Crippen LogP contribution is 2.60. The van der Waals surface area contributed by atoms with Crippen molar-refractivity contribution in [1.82, 2.24) is 4.90 Å². The van der Waals surface area contributed by atoms with Gasteiger partial charge in [-0.05, 0) is 46.0 Å². The minimum Gasteiger partial charge on any atom is -0.497 e. The maximum Gasteiger partial charge on any atom is 0.330 e. The highest BCUT2D eigenvalue weighted by molar-refractivity contribution is 5.89. The zero-order chi connectivity index (χ0) is 30.0. The van der Waals surface area contributed by atoms with E-state index in [0.29, 0.717) is 11.3 Å². The first-order valence-electron chi connectivity index (χ1n) is 14.0. The first-order valence-corrected chi connectivity index (χ1v) is 14.0. The Morgan fingerprint density at radius 1 is 0.837 bits per heavy atom. The molecule has 0 radical (unpaired) electrons. The molecule has 214 valence electrons. The summed E-state index contributed by atoms with van der Waals surface area (Å²) in [5, 5.41) is 11.0. The fourth-order valence-electron chi connectivity index (χ4n) is 6.52. The number of carbonyl (C=O) groups excluding carboxylic acids is 2. The van der Waals surface area contributed by atoms with Crippen molar-refractivity contribution in [2.75, 3.05) is 14.2 Å². The van der Waals surface area contributed by atoms with E-state index in [1.165, 1.54) is 7.11 Å². The molecule has 6 rings (SSSR count). The zero-order valence-electron chi connectivity index (χ0n) is 23.8. The smallest absolute Gasteiger partial charge is 0.330 e. The summed E-state index contributed by atoms with van der Waals surface area (Å²) in [4.78, 5) is 30.3. The van der Waals surface area contributed by atoms with Crippen LogP contribution in [0.15, 0.2) is 115 Å². The van der Waals surface area contributed by atoms with Crippen LogP contribution in [0, 0.1) is 16.7 Å². The molecule has 0 N–H and O–H groups in total. The van der Waals surface area contributed by atoms with E-state index in [2.05, 4.69) is 6.07 Å². The van der Waals surface area contributed by atoms with E-state index < -0.39 is 41.5 Å². The van der Waals surface area contributed by atoms with E-state index in [0.717, 1.165) is 22.3 Å². The second-order valence-electron chi connectivity index (χ2n) is 10.6. The van der Waals surface area contributed by atoms with Gasteiger partial charge in [0.1, 0.15) is 11.8 Å². The molecular formula is C36H30N2O5. The maximum atomic E-state index is 14.6. The SMILES string of the molecule is COC(=O)[C@@]1(C#N)[C@H](c2ccc(OC)cc2)[C@H](C(=O)OC(c2ccccc2)c2ccccc2)N2C=Cc3ccccc3[C@@H]21. The molecule has 4 atom stereocenters. The molecule has 43 heavy (non-hydrogen) atoms. The van der Waals surface area contributed by atoms with E-state index in [9.17, 15) is 14.9 Å². The number of hydrogen-bond acceptors (Lipinski definition) is 7. The third kappa shape index (κ3) is 4.61. The van der Waals surface area contributed by atoms with Gasteiger partial charge in [0, 0.05) is 12.1 Å². The van der Waals surface area contributed by atoms with Crippen molar-refractivity contribution in [3.05, 3.63) is 143 Å². The quantitative estimate of drug-likeness (QED) is 0.244. The summed E-state index contributed by atoms with van der Waals surface area (Å²) in [5.74, 6) is -1.60. The lowest BCUT2D eigenvalue weighted by Gasteiger charge is -2.36. The Kier molecular flexibility index (Phi) is 7.43. The van der Waals surface area contributed by atoms with E-state index in [1.807, 2.05) is 91.0 Å². The molecule has 4 aromatic carbocycles. The number of nitrogens with zero attached hydrogens (tertiary/aromatic N) is 2. The van der Waals surface area contributed by atoms with Crippen LogP contribution >= 0.6 is 0 Å². The number of nitriles is 1. The van der Waals surface area contributed by atoms with Gasteiger partial charge in [0.05, 0.1) is 26.3 Å². The minimum absolute atomic E-state index is 0.561. The largest absolute Gasteiger partial charge is 0.497 e. The Morgan fingerprint density at radius 2 is 1.44 bits per heavy atom. The van der Waals surface area contributed by atoms with Crippen molar-refractivity contribution >= 4 is 18.0 Å². The molecule has 7 nitrogen and oxygen atoms in total. The predicted molar refractivity (Wildman–Crippen MR) is 160 cm³/mol. The molecular weight excluding hydrogens is 540 g/mol. The van der Waals surface area contributed by atoms with Gasteiger partial charge in [-0.25, -0.2) is 4.79 Å². The van der Waals surface area contributed by atoms with Crippen LogP contribution in [0.1, 0.15) is 45.9 Å². The van der Waals surface area contributed by atoms with Crippen molar-refractivity contribution in [3.63, 3.8) is 0 Å². The molecule has 0 aliphatic carbocycles. The van der Waals surface area contributed by atoms with E-state index in [-0.39, 0.29) is 0 Å². The lowest BCUT2D eigenvalue weighted by molar-refractivity contribution is -0.153. The van der Waals surface area contributed by atoms with Crippen LogP contribution < -0.4 is 4.74 Å². The molecule has 1 saturated heterocycles. The third-order valence-electron chi connectivity index (χ3n) is 8.44. The average Bonchev–Trinajstić information content (AvgIpc) is 3.39. The number of carbonyl (C=O) groups is 2. The van der Waals surface area contributed by atoms with E-state index >= 15 is 0 Å². The van der Waals surface area contributed by atoms with E-state index in [1.54, 1.807) is 42.5 Å². The fraction of sp³-hybridized carbons (Fsp3) is 0.194. The molecule has 2 aliphatic heterocycles. The van der Waals surface area contributed by atoms with Crippen molar-refractivity contribution in [3.8, 4) is 11.8 Å². The highest BCUT2D eigenvalue weighted by atomic mass is 16.5. The van der Waals surface area contributed by atoms with Crippen molar-refractivity contribution in [1.29, 1.82) is 5.26 Å². The number of hydrogen-bond donors (Lipinski definition) is 0. The fourth-order valence-corrected chi connectivity index (χ4v) is 6.52. The lowest BCUT2D eigenvalue weighted by Crippen LogP contribution is -2.41. The van der Waals surface area contributed by atoms with Crippen LogP contribution in [0.5, 0.6) is 5.75 Å². The molecule has 7 heteroatoms. The number of benzene rings is 4. The maximum absolute atomic E-state index is 14.6. The number of methoxy groups -OCH3 is 2. The monoisotopic (exact) mass is 570 g/mol. The van der Waals surface area contributed by atoms with Gasteiger partial charge in [-0.2, -0.15) is 5.26 Å². The highest BCUT2D eigenvalue weighted by Gasteiger charge is 2.68. The number of fused-ring (bicyclic) bond motifs is 3. The summed E-state index contributed by atoms with van der Waals surface area (Å²) >= 11 is 0. The van der Waals surface area contributed by atoms with Crippen molar-refractivity contribution < 1.29 is 23.8 Å². The van der Waals surface area contributed by atoms with Gasteiger partial charge in [0.15, 0.2) is 11.5 Å². The van der Waals surface area contributed by atoms with Crippen LogP contribution in [0.25, 0.3) is 6.08 Å². The van der Waals surface area contributed by atoms with Gasteiger partial charge >= 0.3 is 11.9 Å². The second kappa shape index (κ2) is 11.5. The second-order valence-corrected chi connectivity index (χ2v) is 10.6. The molecule has 0 spiro atoms. The Bertz CT molecular complexity index is 1660. The van der Waals surface area contributed by atoms with Gasteiger partial charge in [0.2, 0.25) is 0 Å². The topological polar surface area (TPSA) is 88.9 Å². The first-order chi connectivity index (χ1) is 21.0. The van der Waals surface area contributed by atoms with Crippen LogP contribution in [0.3, 0.4) is 0 Å². The summed E-state index contributed by atoms with van der Waals surface area (Å²) in [7, 11) is 2.84. The van der Waals surface area contributed by atoms with Crippen molar-refractivity contribution in [2.45, 2.75) is 24.1 Å². The molecule has 0 unspecified atom stereocenters. The molecule has 2 heterocycles. The Hall–Kier alpha value is -5.35. The molecule has 0 amide bonds. The van der Waals surface area contributed by atoms with Crippen LogP contribution in [0.4, 0.5) is 0 Å². The molecule has 2 aliphatic rings. The Morgan fingerprint density at radius 3 is 2.02 bits per heavy atom. The Labute approximate surface area is 250 Å². The van der Waals surface area contributed by atoms with Gasteiger partial charge in [0.25, 0.3) is 0 Å². The summed E-state index contributed by atoms with van der Waals surface area (Å²) in [5.41, 5.74) is 2.07. The van der Waals surface area contributed by atoms with Crippen LogP contribution in [0.2, 0.25) is 0 Å². The Balaban J connectivity index is 1.54. The number of esters is 2. The lowest BCUT2D eigenvalue weighted by atomic mass is 9.67. The van der Waals surface area contributed by atoms with E-state index in [4.69, 9.17) is 14.2 Å². The number of rotatable bonds is 7. The van der Waals surface area contributed by atoms with Crippen LogP contribution in [-0.4, -0.2) is 37.1 Å². The van der Waals surface area contributed by atoms with Crippen LogP contribution in [-0.2, 0) is 19.1 Å². The summed E-state index contributed by atoms with van der Waals surface area (Å²) < 4.78 is 17.1. The molecule has 0 saturated carbocycles. The van der Waals surface area contributed by atoms with Gasteiger partial charge in [-0.15, -0.1) is 0 Å². The molecule has 4 aromatic rings. The first kappa shape index (κ1) is 27.8. The van der Waals surface area contributed by atoms with Gasteiger partial charge < -0.3 is 19.1 Å². The van der Waals surface area contributed by atoms with Gasteiger partial charge in [-0.3, -0.25) is 4.79 Å².